The third kappa shape index (κ3) is 3.27. The van der Waals surface area contributed by atoms with Crippen molar-refractivity contribution in [1.82, 2.24) is 9.88 Å². The first-order valence-electron chi connectivity index (χ1n) is 7.58. The van der Waals surface area contributed by atoms with Crippen molar-refractivity contribution in [3.05, 3.63) is 52.0 Å². The third-order valence-corrected chi connectivity index (χ3v) is 5.15. The van der Waals surface area contributed by atoms with Gasteiger partial charge in [-0.25, -0.2) is 4.98 Å². The minimum Gasteiger partial charge on any atom is -0.481 e. The fraction of sp³-hybridized carbons (Fsp3) is 0.353. The molecule has 1 aromatic carbocycles. The SMILES string of the molecule is CC1C(C(=O)O)CCN1C(=O)c1csc(Cc2ccccc2)n1. The molecule has 23 heavy (non-hydrogen) atoms. The average molecular weight is 330 g/mol. The first-order valence-corrected chi connectivity index (χ1v) is 8.46. The molecule has 5 nitrogen and oxygen atoms in total. The summed E-state index contributed by atoms with van der Waals surface area (Å²) in [5, 5.41) is 11.8. The van der Waals surface area contributed by atoms with E-state index in [1.807, 2.05) is 30.3 Å². The van der Waals surface area contributed by atoms with E-state index >= 15 is 0 Å². The number of benzene rings is 1. The Labute approximate surface area is 138 Å². The Balaban J connectivity index is 1.71. The minimum atomic E-state index is -0.837. The Hall–Kier alpha value is -2.21. The quantitative estimate of drug-likeness (QED) is 0.935. The van der Waals surface area contributed by atoms with Gasteiger partial charge in [0.05, 0.1) is 10.9 Å². The zero-order chi connectivity index (χ0) is 16.4. The highest BCUT2D eigenvalue weighted by molar-refractivity contribution is 7.09. The zero-order valence-corrected chi connectivity index (χ0v) is 13.6. The van der Waals surface area contributed by atoms with Crippen LogP contribution >= 0.6 is 11.3 Å². The highest BCUT2D eigenvalue weighted by Gasteiger charge is 2.38. The van der Waals surface area contributed by atoms with Gasteiger partial charge < -0.3 is 10.0 Å². The van der Waals surface area contributed by atoms with E-state index in [1.165, 1.54) is 11.3 Å². The molecule has 6 heteroatoms. The van der Waals surface area contributed by atoms with Gasteiger partial charge in [-0.2, -0.15) is 0 Å². The van der Waals surface area contributed by atoms with E-state index in [2.05, 4.69) is 4.98 Å². The molecule has 1 N–H and O–H groups in total. The summed E-state index contributed by atoms with van der Waals surface area (Å²) in [6, 6.07) is 9.69. The Morgan fingerprint density at radius 1 is 1.35 bits per heavy atom. The summed E-state index contributed by atoms with van der Waals surface area (Å²) < 4.78 is 0. The van der Waals surface area contributed by atoms with E-state index in [1.54, 1.807) is 17.2 Å². The largest absolute Gasteiger partial charge is 0.481 e. The molecule has 3 rings (SSSR count). The number of nitrogens with zero attached hydrogens (tertiary/aromatic N) is 2. The Kier molecular flexibility index (Phi) is 4.43. The van der Waals surface area contributed by atoms with Crippen molar-refractivity contribution in [1.29, 1.82) is 0 Å². The van der Waals surface area contributed by atoms with Gasteiger partial charge in [0.2, 0.25) is 0 Å². The molecule has 1 amide bonds. The van der Waals surface area contributed by atoms with Crippen LogP contribution in [-0.2, 0) is 11.2 Å². The lowest BCUT2D eigenvalue weighted by atomic mass is 10.0. The van der Waals surface area contributed by atoms with Gasteiger partial charge in [-0.15, -0.1) is 11.3 Å². The van der Waals surface area contributed by atoms with Gasteiger partial charge in [0.1, 0.15) is 5.69 Å². The van der Waals surface area contributed by atoms with Crippen LogP contribution in [0.4, 0.5) is 0 Å². The first-order chi connectivity index (χ1) is 11.1. The summed E-state index contributed by atoms with van der Waals surface area (Å²) in [4.78, 5) is 29.8. The monoisotopic (exact) mass is 330 g/mol. The van der Waals surface area contributed by atoms with Gasteiger partial charge >= 0.3 is 5.97 Å². The molecule has 2 heterocycles. The van der Waals surface area contributed by atoms with Crippen molar-refractivity contribution in [2.45, 2.75) is 25.8 Å². The molecule has 2 aromatic rings. The van der Waals surface area contributed by atoms with Gasteiger partial charge in [0, 0.05) is 24.4 Å². The molecule has 0 spiro atoms. The number of aliphatic carboxylic acids is 1. The first kappa shape index (κ1) is 15.7. The molecule has 2 unspecified atom stereocenters. The lowest BCUT2D eigenvalue weighted by Gasteiger charge is -2.22. The van der Waals surface area contributed by atoms with Crippen LogP contribution in [0.25, 0.3) is 0 Å². The van der Waals surface area contributed by atoms with E-state index in [-0.39, 0.29) is 11.9 Å². The second-order valence-electron chi connectivity index (χ2n) is 5.76. The molecule has 1 aliphatic rings. The molecule has 2 atom stereocenters. The number of carbonyl (C=O) groups excluding carboxylic acids is 1. The molecule has 1 fully saturated rings. The van der Waals surface area contributed by atoms with Crippen molar-refractivity contribution in [2.24, 2.45) is 5.92 Å². The number of carbonyl (C=O) groups is 2. The van der Waals surface area contributed by atoms with Gasteiger partial charge in [0.25, 0.3) is 5.91 Å². The molecular weight excluding hydrogens is 312 g/mol. The Bertz CT molecular complexity index is 714. The summed E-state index contributed by atoms with van der Waals surface area (Å²) in [5.41, 5.74) is 1.57. The minimum absolute atomic E-state index is 0.170. The van der Waals surface area contributed by atoms with Crippen molar-refractivity contribution < 1.29 is 14.7 Å². The van der Waals surface area contributed by atoms with Crippen LogP contribution < -0.4 is 0 Å². The number of carboxylic acid groups (broad SMARTS) is 1. The molecular formula is C17H18N2O3S. The van der Waals surface area contributed by atoms with Crippen molar-refractivity contribution in [3.63, 3.8) is 0 Å². The van der Waals surface area contributed by atoms with Gasteiger partial charge in [-0.3, -0.25) is 9.59 Å². The molecule has 1 aromatic heterocycles. The molecule has 1 saturated heterocycles. The molecule has 0 radical (unpaired) electrons. The summed E-state index contributed by atoms with van der Waals surface area (Å²) in [6.07, 6.45) is 1.20. The summed E-state index contributed by atoms with van der Waals surface area (Å²) in [7, 11) is 0. The second-order valence-corrected chi connectivity index (χ2v) is 6.70. The number of hydrogen-bond donors (Lipinski definition) is 1. The number of rotatable bonds is 4. The smallest absolute Gasteiger partial charge is 0.308 e. The molecule has 0 bridgehead atoms. The van der Waals surface area contributed by atoms with Crippen molar-refractivity contribution in [2.75, 3.05) is 6.54 Å². The highest BCUT2D eigenvalue weighted by atomic mass is 32.1. The van der Waals surface area contributed by atoms with E-state index in [0.29, 0.717) is 25.1 Å². The van der Waals surface area contributed by atoms with Crippen LogP contribution in [0.3, 0.4) is 0 Å². The van der Waals surface area contributed by atoms with Gasteiger partial charge in [0.15, 0.2) is 0 Å². The number of carboxylic acids is 1. The number of likely N-dealkylation sites (tertiary alicyclic amines) is 1. The van der Waals surface area contributed by atoms with Crippen LogP contribution in [0.5, 0.6) is 0 Å². The van der Waals surface area contributed by atoms with E-state index in [0.717, 1.165) is 10.6 Å². The number of hydrogen-bond acceptors (Lipinski definition) is 4. The van der Waals surface area contributed by atoms with E-state index in [9.17, 15) is 14.7 Å². The fourth-order valence-corrected chi connectivity index (χ4v) is 3.77. The zero-order valence-electron chi connectivity index (χ0n) is 12.8. The summed E-state index contributed by atoms with van der Waals surface area (Å²) >= 11 is 1.46. The van der Waals surface area contributed by atoms with E-state index < -0.39 is 11.9 Å². The predicted octanol–water partition coefficient (Wildman–Crippen LogP) is 2.67. The standard InChI is InChI=1S/C17H18N2O3S/c1-11-13(17(21)22)7-8-19(11)16(20)14-10-23-15(18-14)9-12-5-3-2-4-6-12/h2-6,10-11,13H,7-9H2,1H3,(H,21,22). The highest BCUT2D eigenvalue weighted by Crippen LogP contribution is 2.26. The number of aromatic nitrogens is 1. The topological polar surface area (TPSA) is 70.5 Å². The van der Waals surface area contributed by atoms with E-state index in [4.69, 9.17) is 0 Å². The number of amides is 1. The van der Waals surface area contributed by atoms with Gasteiger partial charge in [-0.05, 0) is 18.9 Å². The van der Waals surface area contributed by atoms with Crippen LogP contribution in [0.2, 0.25) is 0 Å². The molecule has 1 aliphatic heterocycles. The van der Waals surface area contributed by atoms with Gasteiger partial charge in [-0.1, -0.05) is 30.3 Å². The lowest BCUT2D eigenvalue weighted by molar-refractivity contribution is -0.142. The maximum absolute atomic E-state index is 12.6. The molecule has 0 saturated carbocycles. The van der Waals surface area contributed by atoms with Crippen LogP contribution in [0.15, 0.2) is 35.7 Å². The van der Waals surface area contributed by atoms with Crippen LogP contribution in [0, 0.1) is 5.92 Å². The lowest BCUT2D eigenvalue weighted by Crippen LogP contribution is -2.37. The summed E-state index contributed by atoms with van der Waals surface area (Å²) in [6.45, 7) is 2.27. The van der Waals surface area contributed by atoms with Crippen LogP contribution in [0.1, 0.15) is 34.4 Å². The van der Waals surface area contributed by atoms with Crippen molar-refractivity contribution in [3.8, 4) is 0 Å². The maximum Gasteiger partial charge on any atom is 0.308 e. The Morgan fingerprint density at radius 2 is 2.09 bits per heavy atom. The average Bonchev–Trinajstić information content (AvgIpc) is 3.14. The molecule has 120 valence electrons. The fourth-order valence-electron chi connectivity index (χ4n) is 2.96. The second kappa shape index (κ2) is 6.50. The van der Waals surface area contributed by atoms with Crippen LogP contribution in [-0.4, -0.2) is 39.5 Å². The third-order valence-electron chi connectivity index (χ3n) is 4.30. The maximum atomic E-state index is 12.6. The summed E-state index contributed by atoms with van der Waals surface area (Å²) in [5.74, 6) is -1.49. The van der Waals surface area contributed by atoms with Crippen molar-refractivity contribution >= 4 is 23.2 Å². The predicted molar refractivity (Wildman–Crippen MR) is 87.6 cm³/mol. The normalized spacial score (nSPS) is 20.7. The Morgan fingerprint density at radius 3 is 2.74 bits per heavy atom. The molecule has 0 aliphatic carbocycles. The number of thiazole rings is 1.